The van der Waals surface area contributed by atoms with E-state index < -0.39 is 29.0 Å². The van der Waals surface area contributed by atoms with Gasteiger partial charge in [0.15, 0.2) is 17.5 Å². The summed E-state index contributed by atoms with van der Waals surface area (Å²) in [6.07, 6.45) is 0.713. The maximum Gasteiger partial charge on any atom is 0.258 e. The maximum absolute atomic E-state index is 13.8. The van der Waals surface area contributed by atoms with Gasteiger partial charge in [0, 0.05) is 0 Å². The Labute approximate surface area is 164 Å². The maximum atomic E-state index is 13.8. The molecule has 0 fully saturated rings. The second-order valence-corrected chi connectivity index (χ2v) is 6.51. The molecule has 0 saturated carbocycles. The van der Waals surface area contributed by atoms with Crippen LogP contribution in [0.5, 0.6) is 0 Å². The van der Waals surface area contributed by atoms with Crippen LogP contribution < -0.4 is 10.9 Å². The first-order valence-corrected chi connectivity index (χ1v) is 9.02. The molecule has 2 N–H and O–H groups in total. The predicted octanol–water partition coefficient (Wildman–Crippen LogP) is 3.19. The number of rotatable bonds is 7. The van der Waals surface area contributed by atoms with E-state index >= 15 is 0 Å². The summed E-state index contributed by atoms with van der Waals surface area (Å²) in [5.74, 6) is -4.66. The number of nitrogens with zero attached hydrogens (tertiary/aromatic N) is 2. The number of H-pyrrole nitrogens is 1. The minimum Gasteiger partial charge on any atom is -0.322 e. The lowest BCUT2D eigenvalue weighted by atomic mass is 10.2. The van der Waals surface area contributed by atoms with Crippen LogP contribution in [0.15, 0.2) is 41.2 Å². The van der Waals surface area contributed by atoms with Gasteiger partial charge in [-0.25, -0.2) is 18.2 Å². The van der Waals surface area contributed by atoms with E-state index in [9.17, 15) is 22.8 Å². The number of anilines is 1. The highest BCUT2D eigenvalue weighted by molar-refractivity contribution is 5.92. The molecule has 0 spiro atoms. The molecule has 0 aliphatic heterocycles. The highest BCUT2D eigenvalue weighted by atomic mass is 19.2. The lowest BCUT2D eigenvalue weighted by Crippen LogP contribution is -2.34. The van der Waals surface area contributed by atoms with Gasteiger partial charge in [0.1, 0.15) is 5.82 Å². The number of carbonyl (C=O) groups is 1. The molecule has 152 valence electrons. The number of nitrogens with one attached hydrogen (secondary N) is 2. The summed E-state index contributed by atoms with van der Waals surface area (Å²) in [6.45, 7) is 2.45. The van der Waals surface area contributed by atoms with Gasteiger partial charge in [0.05, 0.1) is 29.7 Å². The van der Waals surface area contributed by atoms with E-state index in [1.165, 1.54) is 0 Å². The van der Waals surface area contributed by atoms with E-state index in [0.717, 1.165) is 12.1 Å². The van der Waals surface area contributed by atoms with E-state index in [1.807, 2.05) is 6.92 Å². The van der Waals surface area contributed by atoms with Gasteiger partial charge < -0.3 is 10.3 Å². The first kappa shape index (κ1) is 20.5. The van der Waals surface area contributed by atoms with Crippen molar-refractivity contribution in [3.63, 3.8) is 0 Å². The monoisotopic (exact) mass is 404 g/mol. The molecular formula is C20H19F3N4O2. The highest BCUT2D eigenvalue weighted by Gasteiger charge is 2.17. The number of amides is 1. The summed E-state index contributed by atoms with van der Waals surface area (Å²) in [5.41, 5.74) is -0.186. The number of aromatic amines is 1. The molecule has 0 atom stereocenters. The number of carbonyl (C=O) groups excluding carboxylic acids is 1. The number of halogens is 3. The van der Waals surface area contributed by atoms with Crippen molar-refractivity contribution >= 4 is 22.5 Å². The molecule has 0 bridgehead atoms. The zero-order valence-corrected chi connectivity index (χ0v) is 15.6. The third-order valence-electron chi connectivity index (χ3n) is 4.25. The summed E-state index contributed by atoms with van der Waals surface area (Å²) in [5, 5.41) is 2.70. The fourth-order valence-electron chi connectivity index (χ4n) is 2.97. The number of para-hydroxylation sites is 1. The number of benzene rings is 2. The fraction of sp³-hybridized carbons (Fsp3) is 0.250. The van der Waals surface area contributed by atoms with E-state index in [4.69, 9.17) is 0 Å². The molecule has 2 aromatic carbocycles. The Hall–Kier alpha value is -3.20. The van der Waals surface area contributed by atoms with Crippen molar-refractivity contribution in [1.82, 2.24) is 14.9 Å². The first-order chi connectivity index (χ1) is 13.9. The van der Waals surface area contributed by atoms with E-state index in [2.05, 4.69) is 15.3 Å². The van der Waals surface area contributed by atoms with Gasteiger partial charge in [0.2, 0.25) is 5.91 Å². The highest BCUT2D eigenvalue weighted by Crippen LogP contribution is 2.19. The largest absolute Gasteiger partial charge is 0.322 e. The Morgan fingerprint density at radius 3 is 2.66 bits per heavy atom. The van der Waals surface area contributed by atoms with Gasteiger partial charge in [-0.05, 0) is 37.2 Å². The Balaban J connectivity index is 1.74. The second-order valence-electron chi connectivity index (χ2n) is 6.51. The lowest BCUT2D eigenvalue weighted by molar-refractivity contribution is -0.117. The van der Waals surface area contributed by atoms with Gasteiger partial charge in [-0.1, -0.05) is 19.1 Å². The molecule has 3 rings (SSSR count). The molecule has 0 unspecified atom stereocenters. The smallest absolute Gasteiger partial charge is 0.258 e. The zero-order chi connectivity index (χ0) is 21.0. The molecule has 0 aliphatic carbocycles. The third kappa shape index (κ3) is 4.80. The van der Waals surface area contributed by atoms with Crippen LogP contribution in [0.25, 0.3) is 10.9 Å². The minimum atomic E-state index is -1.65. The average Bonchev–Trinajstić information content (AvgIpc) is 2.69. The number of hydrogen-bond donors (Lipinski definition) is 2. The van der Waals surface area contributed by atoms with Crippen LogP contribution in [0.2, 0.25) is 0 Å². The molecule has 3 aromatic rings. The quantitative estimate of drug-likeness (QED) is 0.593. The van der Waals surface area contributed by atoms with Crippen molar-refractivity contribution in [3.8, 4) is 0 Å². The standard InChI is InChI=1S/C20H19F3N4O2/c1-2-9-27(10-16-24-14-6-4-3-5-12(14)20(29)26-16)11-17(28)25-15-8-7-13(21)18(22)19(15)23/h3-8H,2,9-11H2,1H3,(H,25,28)(H,24,26,29). The molecular weight excluding hydrogens is 385 g/mol. The van der Waals surface area contributed by atoms with Gasteiger partial charge >= 0.3 is 0 Å². The van der Waals surface area contributed by atoms with Gasteiger partial charge in [0.25, 0.3) is 5.56 Å². The van der Waals surface area contributed by atoms with E-state index in [1.54, 1.807) is 29.2 Å². The van der Waals surface area contributed by atoms with E-state index in [-0.39, 0.29) is 18.6 Å². The topological polar surface area (TPSA) is 78.1 Å². The van der Waals surface area contributed by atoms with Crippen molar-refractivity contribution in [2.45, 2.75) is 19.9 Å². The normalized spacial score (nSPS) is 11.2. The molecule has 6 nitrogen and oxygen atoms in total. The van der Waals surface area contributed by atoms with Crippen molar-refractivity contribution in [1.29, 1.82) is 0 Å². The van der Waals surface area contributed by atoms with Crippen LogP contribution in [0.1, 0.15) is 19.2 Å². The zero-order valence-electron chi connectivity index (χ0n) is 15.6. The van der Waals surface area contributed by atoms with Crippen molar-refractivity contribution in [2.75, 3.05) is 18.4 Å². The molecule has 1 amide bonds. The Kier molecular flexibility index (Phi) is 6.28. The van der Waals surface area contributed by atoms with E-state index in [0.29, 0.717) is 29.7 Å². The van der Waals surface area contributed by atoms with Crippen molar-refractivity contribution in [2.24, 2.45) is 0 Å². The number of fused-ring (bicyclic) bond motifs is 1. The fourth-order valence-corrected chi connectivity index (χ4v) is 2.97. The van der Waals surface area contributed by atoms with Crippen LogP contribution in [-0.2, 0) is 11.3 Å². The van der Waals surface area contributed by atoms with Crippen LogP contribution >= 0.6 is 0 Å². The van der Waals surface area contributed by atoms with Crippen molar-refractivity contribution < 1.29 is 18.0 Å². The molecule has 29 heavy (non-hydrogen) atoms. The second kappa shape index (κ2) is 8.87. The Bertz CT molecular complexity index is 1100. The van der Waals surface area contributed by atoms with Gasteiger partial charge in [-0.3, -0.25) is 14.5 Å². The molecule has 1 heterocycles. The first-order valence-electron chi connectivity index (χ1n) is 9.02. The number of aromatic nitrogens is 2. The van der Waals surface area contributed by atoms with Gasteiger partial charge in [-0.15, -0.1) is 0 Å². The van der Waals surface area contributed by atoms with Crippen LogP contribution in [0.3, 0.4) is 0 Å². The third-order valence-corrected chi connectivity index (χ3v) is 4.25. The predicted molar refractivity (Wildman–Crippen MR) is 103 cm³/mol. The van der Waals surface area contributed by atoms with Crippen LogP contribution in [-0.4, -0.2) is 33.9 Å². The summed E-state index contributed by atoms with van der Waals surface area (Å²) >= 11 is 0. The summed E-state index contributed by atoms with van der Waals surface area (Å²) in [7, 11) is 0. The Morgan fingerprint density at radius 1 is 1.14 bits per heavy atom. The summed E-state index contributed by atoms with van der Waals surface area (Å²) in [4.78, 5) is 33.3. The molecule has 1 aromatic heterocycles. The Morgan fingerprint density at radius 2 is 1.90 bits per heavy atom. The lowest BCUT2D eigenvalue weighted by Gasteiger charge is -2.20. The molecule has 0 aliphatic rings. The minimum absolute atomic E-state index is 0.150. The van der Waals surface area contributed by atoms with Gasteiger partial charge in [-0.2, -0.15) is 0 Å². The summed E-state index contributed by atoms with van der Waals surface area (Å²) < 4.78 is 40.1. The molecule has 0 saturated heterocycles. The SMILES string of the molecule is CCCN(CC(=O)Nc1ccc(F)c(F)c1F)Cc1nc2ccccc2c(=O)[nH]1. The average molecular weight is 404 g/mol. The molecule has 0 radical (unpaired) electrons. The number of hydrogen-bond acceptors (Lipinski definition) is 4. The summed E-state index contributed by atoms with van der Waals surface area (Å²) in [6, 6.07) is 8.59. The van der Waals surface area contributed by atoms with Crippen molar-refractivity contribution in [3.05, 3.63) is 70.0 Å². The van der Waals surface area contributed by atoms with Crippen LogP contribution in [0.4, 0.5) is 18.9 Å². The van der Waals surface area contributed by atoms with Crippen LogP contribution in [0, 0.1) is 17.5 Å². The molecule has 9 heteroatoms.